The fourth-order valence-electron chi connectivity index (χ4n) is 19.6. The second-order valence-electron chi connectivity index (χ2n) is 35.6. The maximum Gasteiger partial charge on any atom is 0.252 e. The molecule has 7 aromatic carbocycles. The minimum Gasteiger partial charge on any atom is -0.334 e. The first-order valence-corrected chi connectivity index (χ1v) is 34.6. The highest BCUT2D eigenvalue weighted by Gasteiger charge is 2.59. The monoisotopic (exact) mass is 1160 g/mol. The van der Waals surface area contributed by atoms with Gasteiger partial charge in [0.15, 0.2) is 0 Å². The number of aryl methyl sites for hydroxylation is 2. The Labute approximate surface area is 531 Å². The zero-order valence-corrected chi connectivity index (χ0v) is 57.8. The van der Waals surface area contributed by atoms with Crippen molar-refractivity contribution in [2.75, 3.05) is 14.7 Å². The average molecular weight is 1160 g/mol. The molecule has 15 rings (SSSR count). The molecular weight excluding hydrogens is 1060 g/mol. The summed E-state index contributed by atoms with van der Waals surface area (Å²) in [6.07, 6.45) is 14.2. The van der Waals surface area contributed by atoms with Gasteiger partial charge in [0.25, 0.3) is 6.71 Å². The molecule has 3 nitrogen and oxygen atoms in total. The predicted octanol–water partition coefficient (Wildman–Crippen LogP) is 21.2. The summed E-state index contributed by atoms with van der Waals surface area (Å²) in [5, 5.41) is 0. The van der Waals surface area contributed by atoms with Gasteiger partial charge in [-0.05, 0) is 266 Å². The molecule has 0 saturated heterocycles. The van der Waals surface area contributed by atoms with Gasteiger partial charge in [-0.15, -0.1) is 0 Å². The molecule has 0 bridgehead atoms. The number of hydrogen-bond acceptors (Lipinski definition) is 3. The van der Waals surface area contributed by atoms with Crippen LogP contribution in [0.1, 0.15) is 263 Å². The molecule has 5 aliphatic carbocycles. The lowest BCUT2D eigenvalue weighted by atomic mass is 9.32. The molecule has 4 heteroatoms. The minimum absolute atomic E-state index is 0.00901. The van der Waals surface area contributed by atoms with Crippen LogP contribution >= 0.6 is 0 Å². The molecule has 88 heavy (non-hydrogen) atoms. The number of anilines is 8. The van der Waals surface area contributed by atoms with Crippen molar-refractivity contribution in [3.05, 3.63) is 170 Å². The lowest BCUT2D eigenvalue weighted by Crippen LogP contribution is -2.62. The Balaban J connectivity index is 1.12. The Morgan fingerprint density at radius 1 is 0.307 bits per heavy atom. The van der Waals surface area contributed by atoms with Crippen molar-refractivity contribution in [2.45, 2.75) is 270 Å². The highest BCUT2D eigenvalue weighted by atomic mass is 15.3. The molecule has 0 radical (unpaired) electrons. The van der Waals surface area contributed by atoms with Crippen LogP contribution in [0.4, 0.5) is 45.5 Å². The number of benzene rings is 7. The molecular formula is C84H102BN3. The van der Waals surface area contributed by atoms with E-state index in [2.05, 4.69) is 262 Å². The smallest absolute Gasteiger partial charge is 0.252 e. The van der Waals surface area contributed by atoms with Gasteiger partial charge in [-0.2, -0.15) is 0 Å². The first-order valence-electron chi connectivity index (χ1n) is 34.6. The van der Waals surface area contributed by atoms with E-state index in [0.717, 1.165) is 6.42 Å². The lowest BCUT2D eigenvalue weighted by Gasteiger charge is -2.52. The average Bonchev–Trinajstić information content (AvgIpc) is 0.973. The van der Waals surface area contributed by atoms with Crippen molar-refractivity contribution in [2.24, 2.45) is 0 Å². The second-order valence-corrected chi connectivity index (χ2v) is 35.6. The van der Waals surface area contributed by atoms with Crippen LogP contribution < -0.4 is 31.1 Å². The molecule has 8 aliphatic rings. The molecule has 0 amide bonds. The van der Waals surface area contributed by atoms with Crippen LogP contribution in [0.5, 0.6) is 0 Å². The Bertz CT molecular complexity index is 3940. The van der Waals surface area contributed by atoms with Crippen LogP contribution in [0.25, 0.3) is 11.1 Å². The van der Waals surface area contributed by atoms with Gasteiger partial charge in [0.1, 0.15) is 0 Å². The Morgan fingerprint density at radius 2 is 0.670 bits per heavy atom. The predicted molar refractivity (Wildman–Crippen MR) is 379 cm³/mol. The van der Waals surface area contributed by atoms with E-state index in [1.165, 1.54) is 194 Å². The molecule has 1 fully saturated rings. The van der Waals surface area contributed by atoms with Gasteiger partial charge in [0, 0.05) is 50.9 Å². The molecule has 0 spiro atoms. The van der Waals surface area contributed by atoms with E-state index < -0.39 is 0 Å². The highest BCUT2D eigenvalue weighted by molar-refractivity contribution is 7.00. The van der Waals surface area contributed by atoms with Crippen LogP contribution in [0.15, 0.2) is 109 Å². The zero-order chi connectivity index (χ0) is 62.4. The molecule has 3 heterocycles. The fourth-order valence-corrected chi connectivity index (χ4v) is 19.6. The third kappa shape index (κ3) is 8.05. The van der Waals surface area contributed by atoms with Crippen molar-refractivity contribution in [1.82, 2.24) is 0 Å². The number of fused-ring (bicyclic) bond motifs is 11. The fraction of sp³-hybridized carbons (Fsp3) is 0.500. The number of rotatable bonds is 4. The van der Waals surface area contributed by atoms with Gasteiger partial charge >= 0.3 is 0 Å². The van der Waals surface area contributed by atoms with Crippen molar-refractivity contribution in [3.63, 3.8) is 0 Å². The van der Waals surface area contributed by atoms with E-state index in [1.807, 2.05) is 0 Å². The second kappa shape index (κ2) is 18.4. The van der Waals surface area contributed by atoms with E-state index in [0.29, 0.717) is 0 Å². The van der Waals surface area contributed by atoms with E-state index >= 15 is 0 Å². The summed E-state index contributed by atoms with van der Waals surface area (Å²) in [6.45, 7) is 50.7. The maximum atomic E-state index is 2.91. The van der Waals surface area contributed by atoms with E-state index in [-0.39, 0.29) is 61.0 Å². The highest BCUT2D eigenvalue weighted by Crippen LogP contribution is 2.64. The van der Waals surface area contributed by atoms with Crippen LogP contribution in [-0.4, -0.2) is 12.3 Å². The summed E-state index contributed by atoms with van der Waals surface area (Å²) in [7, 11) is 0. The molecule has 3 aliphatic heterocycles. The Morgan fingerprint density at radius 3 is 1.08 bits per heavy atom. The lowest BCUT2D eigenvalue weighted by molar-refractivity contribution is 0.195. The van der Waals surface area contributed by atoms with Crippen LogP contribution in [-0.2, 0) is 48.7 Å². The minimum atomic E-state index is -0.184. The van der Waals surface area contributed by atoms with E-state index in [9.17, 15) is 0 Å². The Kier molecular flexibility index (Phi) is 12.2. The van der Waals surface area contributed by atoms with E-state index in [1.54, 1.807) is 11.1 Å². The summed E-state index contributed by atoms with van der Waals surface area (Å²) in [5.41, 5.74) is 34.2. The Hall–Kier alpha value is -6.00. The normalized spacial score (nSPS) is 25.2. The topological polar surface area (TPSA) is 9.72 Å². The quantitative estimate of drug-likeness (QED) is 0.163. The third-order valence-electron chi connectivity index (χ3n) is 26.3. The molecule has 2 atom stereocenters. The van der Waals surface area contributed by atoms with Crippen LogP contribution in [0.3, 0.4) is 0 Å². The van der Waals surface area contributed by atoms with Gasteiger partial charge < -0.3 is 14.7 Å². The van der Waals surface area contributed by atoms with Gasteiger partial charge in [-0.25, -0.2) is 0 Å². The van der Waals surface area contributed by atoms with Gasteiger partial charge in [-0.3, -0.25) is 0 Å². The van der Waals surface area contributed by atoms with Crippen LogP contribution in [0.2, 0.25) is 0 Å². The largest absolute Gasteiger partial charge is 0.334 e. The first-order chi connectivity index (χ1) is 41.1. The summed E-state index contributed by atoms with van der Waals surface area (Å²) >= 11 is 0. The molecule has 1 saturated carbocycles. The van der Waals surface area contributed by atoms with Crippen molar-refractivity contribution >= 4 is 68.6 Å². The third-order valence-corrected chi connectivity index (χ3v) is 26.3. The molecule has 456 valence electrons. The molecule has 7 aromatic rings. The first kappa shape index (κ1) is 58.4. The number of hydrogen-bond donors (Lipinski definition) is 0. The molecule has 0 N–H and O–H groups in total. The standard InChI is InChI=1S/C84H102BN3/c1-51-40-56-60(79(11,12)36-32-75(56,3)4)47-68(51)86-70-49-62-58(77(7,8)34-38-81(62,15)16)45-65(70)85-66-46-59-63(82(17,18)39-35-78(59,9)10)50-71(66)87(69-48-61-57(41-52(69)2)76(5,6)33-37-80(61,13)14)73-44-55(43-72(86)74(73)85)88-67-29-28-54(53-26-22-21-23-27-53)42-64(67)83(19)30-24-25-31-84(83,88)20/h21-23,26-29,40-50H,24-25,30-39H2,1-20H3. The van der Waals surface area contributed by atoms with Crippen molar-refractivity contribution in [1.29, 1.82) is 0 Å². The number of nitrogens with zero attached hydrogens (tertiary/aromatic N) is 3. The maximum absolute atomic E-state index is 2.91. The van der Waals surface area contributed by atoms with Crippen molar-refractivity contribution < 1.29 is 0 Å². The summed E-state index contributed by atoms with van der Waals surface area (Å²) in [4.78, 5) is 8.66. The van der Waals surface area contributed by atoms with E-state index in [4.69, 9.17) is 0 Å². The molecule has 0 aromatic heterocycles. The summed E-state index contributed by atoms with van der Waals surface area (Å²) in [5.74, 6) is 0. The van der Waals surface area contributed by atoms with Gasteiger partial charge in [-0.1, -0.05) is 191 Å². The SMILES string of the molecule is Cc1cc2c(cc1N1c3cc4c(cc3B3c5cc6c(cc5N(c5cc7c(cc5C)C(C)(C)CCC7(C)C)c5cc(N7c8ccc(-c9ccccc9)cc8C8(C)CCCCC78C)cc1c53)C(C)(C)CCC6(C)C)C(C)(C)CCC4(C)C)C(C)(C)CCC2(C)C. The summed E-state index contributed by atoms with van der Waals surface area (Å²) < 4.78 is 0. The summed E-state index contributed by atoms with van der Waals surface area (Å²) in [6, 6.07) is 46.1. The van der Waals surface area contributed by atoms with Gasteiger partial charge in [0.2, 0.25) is 0 Å². The zero-order valence-electron chi connectivity index (χ0n) is 57.8. The molecule has 2 unspecified atom stereocenters. The van der Waals surface area contributed by atoms with Crippen molar-refractivity contribution in [3.8, 4) is 11.1 Å². The van der Waals surface area contributed by atoms with Crippen LogP contribution in [0, 0.1) is 13.8 Å². The van der Waals surface area contributed by atoms with Gasteiger partial charge in [0.05, 0.1) is 5.54 Å².